The molecule has 0 radical (unpaired) electrons. The first-order valence-corrected chi connectivity index (χ1v) is 5.33. The first kappa shape index (κ1) is 10.8. The molecule has 1 aromatic heterocycles. The number of aldehydes is 1. The van der Waals surface area contributed by atoms with Crippen molar-refractivity contribution in [3.63, 3.8) is 0 Å². The Balaban J connectivity index is 2.60. The molecule has 0 aliphatic carbocycles. The Labute approximate surface area is 94.9 Å². The molecule has 0 spiro atoms. The molecule has 2 rings (SSSR count). The minimum absolute atomic E-state index is 0.164. The largest absolute Gasteiger partial charge is 0.298 e. The molecule has 0 saturated heterocycles. The van der Waals surface area contributed by atoms with Gasteiger partial charge in [0.2, 0.25) is 0 Å². The zero-order chi connectivity index (χ0) is 11.5. The molecular formula is C12H10NO2P. The SMILES string of the molecule is O=Cc1cccn(-c2ccc(P)cc2)c1=O. The van der Waals surface area contributed by atoms with E-state index in [1.165, 1.54) is 10.6 Å². The predicted octanol–water partition coefficient (Wildman–Crippen LogP) is 1.15. The highest BCUT2D eigenvalue weighted by Crippen LogP contribution is 2.04. The van der Waals surface area contributed by atoms with Gasteiger partial charge in [0.15, 0.2) is 6.29 Å². The van der Waals surface area contributed by atoms with E-state index in [1.54, 1.807) is 12.3 Å². The summed E-state index contributed by atoms with van der Waals surface area (Å²) in [6.07, 6.45) is 2.22. The number of hydrogen-bond donors (Lipinski definition) is 0. The van der Waals surface area contributed by atoms with Crippen molar-refractivity contribution in [1.29, 1.82) is 0 Å². The van der Waals surface area contributed by atoms with Gasteiger partial charge in [-0.2, -0.15) is 0 Å². The predicted molar refractivity (Wildman–Crippen MR) is 66.8 cm³/mol. The average molecular weight is 231 g/mol. The third kappa shape index (κ3) is 1.95. The molecule has 0 aliphatic rings. The lowest BCUT2D eigenvalue weighted by atomic mass is 10.2. The van der Waals surface area contributed by atoms with Crippen LogP contribution in [0.4, 0.5) is 0 Å². The highest BCUT2D eigenvalue weighted by molar-refractivity contribution is 7.27. The van der Waals surface area contributed by atoms with Gasteiger partial charge >= 0.3 is 0 Å². The summed E-state index contributed by atoms with van der Waals surface area (Å²) in [5.41, 5.74) is 0.617. The third-order valence-corrected chi connectivity index (χ3v) is 2.66. The van der Waals surface area contributed by atoms with Gasteiger partial charge in [-0.25, -0.2) is 0 Å². The van der Waals surface area contributed by atoms with Crippen molar-refractivity contribution >= 4 is 20.8 Å². The molecule has 1 unspecified atom stereocenters. The number of carbonyl (C=O) groups is 1. The zero-order valence-corrected chi connectivity index (χ0v) is 9.61. The van der Waals surface area contributed by atoms with Crippen LogP contribution in [-0.4, -0.2) is 10.9 Å². The van der Waals surface area contributed by atoms with Crippen LogP contribution in [0.25, 0.3) is 5.69 Å². The number of nitrogens with zero attached hydrogens (tertiary/aromatic N) is 1. The van der Waals surface area contributed by atoms with E-state index < -0.39 is 0 Å². The van der Waals surface area contributed by atoms with Crippen molar-refractivity contribution in [2.24, 2.45) is 0 Å². The molecule has 1 heterocycles. The lowest BCUT2D eigenvalue weighted by Crippen LogP contribution is -2.21. The summed E-state index contributed by atoms with van der Waals surface area (Å²) in [6.45, 7) is 0. The first-order valence-electron chi connectivity index (χ1n) is 4.75. The van der Waals surface area contributed by atoms with Gasteiger partial charge < -0.3 is 0 Å². The summed E-state index contributed by atoms with van der Waals surface area (Å²) in [7, 11) is 2.58. The van der Waals surface area contributed by atoms with Crippen LogP contribution in [0.1, 0.15) is 10.4 Å². The van der Waals surface area contributed by atoms with Crippen LogP contribution >= 0.6 is 9.24 Å². The van der Waals surface area contributed by atoms with E-state index in [4.69, 9.17) is 0 Å². The van der Waals surface area contributed by atoms with Crippen LogP contribution in [0.5, 0.6) is 0 Å². The molecule has 0 fully saturated rings. The normalized spacial score (nSPS) is 10.1. The van der Waals surface area contributed by atoms with Gasteiger partial charge in [-0.3, -0.25) is 14.2 Å². The Morgan fingerprint density at radius 3 is 2.44 bits per heavy atom. The molecule has 0 bridgehead atoms. The number of aromatic nitrogens is 1. The van der Waals surface area contributed by atoms with Crippen LogP contribution in [0.2, 0.25) is 0 Å². The maximum atomic E-state index is 11.8. The van der Waals surface area contributed by atoms with Crippen molar-refractivity contribution in [1.82, 2.24) is 4.57 Å². The van der Waals surface area contributed by atoms with Crippen LogP contribution < -0.4 is 10.9 Å². The fraction of sp³-hybridized carbons (Fsp3) is 0. The highest BCUT2D eigenvalue weighted by Gasteiger charge is 2.03. The minimum atomic E-state index is -0.297. The monoisotopic (exact) mass is 231 g/mol. The molecule has 3 nitrogen and oxygen atoms in total. The zero-order valence-electron chi connectivity index (χ0n) is 8.46. The molecule has 4 heteroatoms. The number of carbonyl (C=O) groups excluding carboxylic acids is 1. The average Bonchev–Trinajstić information content (AvgIpc) is 2.31. The van der Waals surface area contributed by atoms with Gasteiger partial charge in [0, 0.05) is 11.9 Å². The smallest absolute Gasteiger partial charge is 0.265 e. The second-order valence-electron chi connectivity index (χ2n) is 3.35. The molecule has 2 aromatic rings. The topological polar surface area (TPSA) is 39.1 Å². The van der Waals surface area contributed by atoms with Crippen molar-refractivity contribution in [3.05, 3.63) is 58.5 Å². The molecule has 80 valence electrons. The fourth-order valence-corrected chi connectivity index (χ4v) is 1.63. The Morgan fingerprint density at radius 2 is 1.81 bits per heavy atom. The maximum absolute atomic E-state index is 11.8. The lowest BCUT2D eigenvalue weighted by Gasteiger charge is -2.05. The second kappa shape index (κ2) is 4.42. The van der Waals surface area contributed by atoms with Crippen LogP contribution in [0.3, 0.4) is 0 Å². The molecule has 16 heavy (non-hydrogen) atoms. The summed E-state index contributed by atoms with van der Waals surface area (Å²) in [5.74, 6) is 0. The molecule has 0 N–H and O–H groups in total. The van der Waals surface area contributed by atoms with Crippen molar-refractivity contribution in [2.45, 2.75) is 0 Å². The van der Waals surface area contributed by atoms with E-state index in [0.29, 0.717) is 6.29 Å². The van der Waals surface area contributed by atoms with Crippen LogP contribution in [0, 0.1) is 0 Å². The van der Waals surface area contributed by atoms with Crippen LogP contribution in [0.15, 0.2) is 47.4 Å². The fourth-order valence-electron chi connectivity index (χ4n) is 1.44. The quantitative estimate of drug-likeness (QED) is 0.574. The summed E-state index contributed by atoms with van der Waals surface area (Å²) in [5, 5.41) is 1.04. The summed E-state index contributed by atoms with van der Waals surface area (Å²) >= 11 is 0. The van der Waals surface area contributed by atoms with Gasteiger partial charge in [0.1, 0.15) is 0 Å². The van der Waals surface area contributed by atoms with Gasteiger partial charge in [0.05, 0.1) is 5.56 Å². The molecule has 1 atom stereocenters. The molecular weight excluding hydrogens is 221 g/mol. The highest BCUT2D eigenvalue weighted by atomic mass is 31.0. The summed E-state index contributed by atoms with van der Waals surface area (Å²) in [4.78, 5) is 22.5. The van der Waals surface area contributed by atoms with Crippen molar-refractivity contribution in [2.75, 3.05) is 0 Å². The van der Waals surface area contributed by atoms with Gasteiger partial charge in [-0.05, 0) is 29.6 Å². The van der Waals surface area contributed by atoms with E-state index in [1.807, 2.05) is 24.3 Å². The number of rotatable bonds is 2. The third-order valence-electron chi connectivity index (χ3n) is 2.27. The summed E-state index contributed by atoms with van der Waals surface area (Å²) in [6, 6.07) is 10.6. The Hall–Kier alpha value is -1.73. The second-order valence-corrected chi connectivity index (χ2v) is 4.01. The maximum Gasteiger partial charge on any atom is 0.265 e. The number of benzene rings is 1. The Morgan fingerprint density at radius 1 is 1.12 bits per heavy atom. The van der Waals surface area contributed by atoms with Gasteiger partial charge in [0.25, 0.3) is 5.56 Å². The van der Waals surface area contributed by atoms with Gasteiger partial charge in [-0.1, -0.05) is 12.1 Å². The molecule has 0 amide bonds. The van der Waals surface area contributed by atoms with E-state index in [-0.39, 0.29) is 11.1 Å². The van der Waals surface area contributed by atoms with Crippen molar-refractivity contribution in [3.8, 4) is 5.69 Å². The van der Waals surface area contributed by atoms with E-state index in [0.717, 1.165) is 11.0 Å². The van der Waals surface area contributed by atoms with Gasteiger partial charge in [-0.15, -0.1) is 9.24 Å². The van der Waals surface area contributed by atoms with Crippen LogP contribution in [-0.2, 0) is 0 Å². The standard InChI is InChI=1S/C12H10NO2P/c14-8-9-2-1-7-13(12(9)15)10-3-5-11(16)6-4-10/h1-8H,16H2. The van der Waals surface area contributed by atoms with E-state index in [2.05, 4.69) is 9.24 Å². The number of pyridine rings is 1. The van der Waals surface area contributed by atoms with E-state index >= 15 is 0 Å². The summed E-state index contributed by atoms with van der Waals surface area (Å²) < 4.78 is 1.45. The molecule has 0 saturated carbocycles. The Bertz CT molecular complexity index is 572. The number of hydrogen-bond acceptors (Lipinski definition) is 2. The minimum Gasteiger partial charge on any atom is -0.298 e. The van der Waals surface area contributed by atoms with Crippen molar-refractivity contribution < 1.29 is 4.79 Å². The first-order chi connectivity index (χ1) is 7.72. The molecule has 0 aliphatic heterocycles. The lowest BCUT2D eigenvalue weighted by molar-refractivity contribution is 0.112. The van der Waals surface area contributed by atoms with E-state index in [9.17, 15) is 9.59 Å². The Kier molecular flexibility index (Phi) is 2.97. The molecule has 1 aromatic carbocycles.